The van der Waals surface area contributed by atoms with E-state index >= 15 is 0 Å². The molecular weight excluding hydrogens is 370 g/mol. The molecule has 0 saturated carbocycles. The Balaban J connectivity index is 1.67. The van der Waals surface area contributed by atoms with E-state index in [0.29, 0.717) is 30.7 Å². The van der Waals surface area contributed by atoms with Crippen molar-refractivity contribution in [3.05, 3.63) is 64.4 Å². The Hall–Kier alpha value is -2.78. The molecule has 0 atom stereocenters. The summed E-state index contributed by atoms with van der Waals surface area (Å²) in [5, 5.41) is 10.1. The minimum Gasteiger partial charge on any atom is -0.493 e. The van der Waals surface area contributed by atoms with E-state index < -0.39 is 0 Å². The summed E-state index contributed by atoms with van der Waals surface area (Å²) in [6.45, 7) is 3.30. The highest BCUT2D eigenvalue weighted by Gasteiger charge is 2.11. The SMILES string of the molecule is CCCCn1c(SCCOc2ccc(CC#N)cc2)nc2ccccc2c1=O. The zero-order valence-corrected chi connectivity index (χ0v) is 16.7. The molecule has 1 aromatic heterocycles. The second-order valence-electron chi connectivity index (χ2n) is 6.40. The van der Waals surface area contributed by atoms with Crippen molar-refractivity contribution in [2.45, 2.75) is 37.9 Å². The molecule has 3 rings (SSSR count). The molecule has 0 aliphatic heterocycles. The molecule has 144 valence electrons. The number of benzene rings is 2. The topological polar surface area (TPSA) is 67.9 Å². The molecule has 2 aromatic carbocycles. The zero-order valence-electron chi connectivity index (χ0n) is 15.9. The minimum absolute atomic E-state index is 0.0237. The molecule has 0 amide bonds. The van der Waals surface area contributed by atoms with Crippen LogP contribution in [0.3, 0.4) is 0 Å². The van der Waals surface area contributed by atoms with E-state index in [4.69, 9.17) is 15.0 Å². The van der Waals surface area contributed by atoms with Crippen molar-refractivity contribution in [2.75, 3.05) is 12.4 Å². The highest BCUT2D eigenvalue weighted by molar-refractivity contribution is 7.99. The average molecular weight is 394 g/mol. The number of unbranched alkanes of at least 4 members (excludes halogenated alkanes) is 1. The van der Waals surface area contributed by atoms with Crippen LogP contribution >= 0.6 is 11.8 Å². The predicted octanol–water partition coefficient (Wildman–Crippen LogP) is 4.43. The highest BCUT2D eigenvalue weighted by atomic mass is 32.2. The van der Waals surface area contributed by atoms with Crippen molar-refractivity contribution in [1.82, 2.24) is 9.55 Å². The summed E-state index contributed by atoms with van der Waals surface area (Å²) in [5.41, 5.74) is 1.73. The summed E-state index contributed by atoms with van der Waals surface area (Å²) in [5.74, 6) is 1.47. The average Bonchev–Trinajstić information content (AvgIpc) is 2.72. The Labute approximate surface area is 169 Å². The number of hydrogen-bond donors (Lipinski definition) is 0. The molecule has 0 saturated heterocycles. The first kappa shape index (κ1) is 20.0. The highest BCUT2D eigenvalue weighted by Crippen LogP contribution is 2.19. The Kier molecular flexibility index (Phi) is 7.10. The van der Waals surface area contributed by atoms with E-state index in [9.17, 15) is 4.79 Å². The van der Waals surface area contributed by atoms with Crippen LogP contribution in [0.4, 0.5) is 0 Å². The quantitative estimate of drug-likeness (QED) is 0.305. The van der Waals surface area contributed by atoms with Crippen molar-refractivity contribution in [3.63, 3.8) is 0 Å². The summed E-state index contributed by atoms with van der Waals surface area (Å²) in [7, 11) is 0. The monoisotopic (exact) mass is 393 g/mol. The van der Waals surface area contributed by atoms with E-state index in [1.54, 1.807) is 16.3 Å². The van der Waals surface area contributed by atoms with Crippen molar-refractivity contribution in [3.8, 4) is 11.8 Å². The van der Waals surface area contributed by atoms with Crippen molar-refractivity contribution in [1.29, 1.82) is 5.26 Å². The smallest absolute Gasteiger partial charge is 0.262 e. The van der Waals surface area contributed by atoms with Crippen LogP contribution in [-0.4, -0.2) is 21.9 Å². The fraction of sp³-hybridized carbons (Fsp3) is 0.318. The maximum Gasteiger partial charge on any atom is 0.262 e. The predicted molar refractivity (Wildman–Crippen MR) is 113 cm³/mol. The van der Waals surface area contributed by atoms with Gasteiger partial charge in [-0.05, 0) is 36.2 Å². The van der Waals surface area contributed by atoms with Crippen LogP contribution in [0.2, 0.25) is 0 Å². The number of para-hydroxylation sites is 1. The van der Waals surface area contributed by atoms with Crippen LogP contribution in [0, 0.1) is 11.3 Å². The standard InChI is InChI=1S/C22H23N3O2S/c1-2-3-14-25-21(26)19-6-4-5-7-20(19)24-22(25)28-16-15-27-18-10-8-17(9-11-18)12-13-23/h4-11H,2-3,12,14-16H2,1H3. The molecule has 0 aliphatic rings. The molecule has 5 nitrogen and oxygen atoms in total. The largest absolute Gasteiger partial charge is 0.493 e. The van der Waals surface area contributed by atoms with Crippen LogP contribution in [0.15, 0.2) is 58.5 Å². The molecule has 0 spiro atoms. The van der Waals surface area contributed by atoms with Crippen molar-refractivity contribution >= 4 is 22.7 Å². The second kappa shape index (κ2) is 9.95. The van der Waals surface area contributed by atoms with E-state index in [1.165, 1.54) is 0 Å². The van der Waals surface area contributed by atoms with Gasteiger partial charge in [-0.3, -0.25) is 9.36 Å². The minimum atomic E-state index is 0.0237. The van der Waals surface area contributed by atoms with Crippen LogP contribution in [0.1, 0.15) is 25.3 Å². The summed E-state index contributed by atoms with van der Waals surface area (Å²) in [6.07, 6.45) is 2.37. The van der Waals surface area contributed by atoms with Crippen molar-refractivity contribution in [2.24, 2.45) is 0 Å². The Morgan fingerprint density at radius 2 is 1.96 bits per heavy atom. The summed E-state index contributed by atoms with van der Waals surface area (Å²) in [6, 6.07) is 17.2. The number of fused-ring (bicyclic) bond motifs is 1. The van der Waals surface area contributed by atoms with Crippen LogP contribution < -0.4 is 10.3 Å². The lowest BCUT2D eigenvalue weighted by atomic mass is 10.2. The first-order valence-electron chi connectivity index (χ1n) is 9.44. The Bertz CT molecular complexity index is 1020. The first-order valence-corrected chi connectivity index (χ1v) is 10.4. The van der Waals surface area contributed by atoms with Gasteiger partial charge in [0.1, 0.15) is 5.75 Å². The molecule has 0 aliphatic carbocycles. The van der Waals surface area contributed by atoms with Gasteiger partial charge in [0.05, 0.1) is 30.0 Å². The van der Waals surface area contributed by atoms with Gasteiger partial charge in [0.25, 0.3) is 5.56 Å². The van der Waals surface area contributed by atoms with E-state index in [0.717, 1.165) is 34.8 Å². The third-order valence-corrected chi connectivity index (χ3v) is 5.29. The van der Waals surface area contributed by atoms with Crippen molar-refractivity contribution < 1.29 is 4.74 Å². The normalized spacial score (nSPS) is 10.7. The Morgan fingerprint density at radius 1 is 1.18 bits per heavy atom. The number of nitriles is 1. The van der Waals surface area contributed by atoms with Gasteiger partial charge in [-0.25, -0.2) is 4.98 Å². The van der Waals surface area contributed by atoms with Gasteiger partial charge in [0.15, 0.2) is 5.16 Å². The number of rotatable bonds is 9. The third kappa shape index (κ3) is 4.93. The van der Waals surface area contributed by atoms with Gasteiger partial charge in [0.2, 0.25) is 0 Å². The summed E-state index contributed by atoms with van der Waals surface area (Å²) >= 11 is 1.54. The Morgan fingerprint density at radius 3 is 2.71 bits per heavy atom. The molecule has 28 heavy (non-hydrogen) atoms. The number of hydrogen-bond acceptors (Lipinski definition) is 5. The van der Waals surface area contributed by atoms with Gasteiger partial charge in [0, 0.05) is 12.3 Å². The maximum atomic E-state index is 12.8. The lowest BCUT2D eigenvalue weighted by molar-refractivity contribution is 0.343. The van der Waals surface area contributed by atoms with Gasteiger partial charge in [-0.15, -0.1) is 0 Å². The second-order valence-corrected chi connectivity index (χ2v) is 7.46. The number of aromatic nitrogens is 2. The number of ether oxygens (including phenoxy) is 1. The van der Waals surface area contributed by atoms with Gasteiger partial charge < -0.3 is 4.74 Å². The molecule has 1 heterocycles. The molecule has 0 fully saturated rings. The number of thioether (sulfide) groups is 1. The third-order valence-electron chi connectivity index (χ3n) is 4.35. The first-order chi connectivity index (χ1) is 13.7. The lowest BCUT2D eigenvalue weighted by Crippen LogP contribution is -2.23. The van der Waals surface area contributed by atoms with E-state index in [-0.39, 0.29) is 5.56 Å². The van der Waals surface area contributed by atoms with Gasteiger partial charge in [-0.1, -0.05) is 49.4 Å². The molecule has 0 unspecified atom stereocenters. The van der Waals surface area contributed by atoms with Gasteiger partial charge in [-0.2, -0.15) is 5.26 Å². The fourth-order valence-corrected chi connectivity index (χ4v) is 3.70. The zero-order chi connectivity index (χ0) is 19.8. The molecule has 0 N–H and O–H groups in total. The molecule has 0 bridgehead atoms. The fourth-order valence-electron chi connectivity index (χ4n) is 2.86. The van der Waals surface area contributed by atoms with Crippen LogP contribution in [0.25, 0.3) is 10.9 Å². The lowest BCUT2D eigenvalue weighted by Gasteiger charge is -2.13. The summed E-state index contributed by atoms with van der Waals surface area (Å²) in [4.78, 5) is 17.6. The summed E-state index contributed by atoms with van der Waals surface area (Å²) < 4.78 is 7.57. The molecule has 0 radical (unpaired) electrons. The van der Waals surface area contributed by atoms with Crippen LogP contribution in [-0.2, 0) is 13.0 Å². The van der Waals surface area contributed by atoms with Crippen LogP contribution in [0.5, 0.6) is 5.75 Å². The number of nitrogens with zero attached hydrogens (tertiary/aromatic N) is 3. The molecule has 6 heteroatoms. The molecule has 3 aromatic rings. The van der Waals surface area contributed by atoms with E-state index in [2.05, 4.69) is 13.0 Å². The molecular formula is C22H23N3O2S. The maximum absolute atomic E-state index is 12.8. The van der Waals surface area contributed by atoms with Gasteiger partial charge >= 0.3 is 0 Å². The van der Waals surface area contributed by atoms with E-state index in [1.807, 2.05) is 48.5 Å².